The van der Waals surface area contributed by atoms with Crippen molar-refractivity contribution in [1.29, 1.82) is 0 Å². The van der Waals surface area contributed by atoms with Gasteiger partial charge in [0.2, 0.25) is 0 Å². The van der Waals surface area contributed by atoms with Crippen molar-refractivity contribution in [2.24, 2.45) is 0 Å². The maximum Gasteiger partial charge on any atom is 0.347 e. The third-order valence-electron chi connectivity index (χ3n) is 8.16. The Morgan fingerprint density at radius 1 is 0.568 bits per heavy atom. The highest BCUT2D eigenvalue weighted by Crippen LogP contribution is 2.44. The van der Waals surface area contributed by atoms with Crippen LogP contribution in [-0.2, 0) is 25.5 Å². The zero-order chi connectivity index (χ0) is 31.7. The van der Waals surface area contributed by atoms with Crippen molar-refractivity contribution >= 4 is 33.5 Å². The molecule has 0 bridgehead atoms. The molecule has 6 heteroatoms. The van der Waals surface area contributed by atoms with Gasteiger partial charge in [0.05, 0.1) is 13.2 Å². The summed E-state index contributed by atoms with van der Waals surface area (Å²) in [6.07, 6.45) is 11.5. The Balaban J connectivity index is 2.09. The van der Waals surface area contributed by atoms with E-state index in [4.69, 9.17) is 18.9 Å². The quantitative estimate of drug-likeness (QED) is 0.0683. The molecule has 0 aliphatic carbocycles. The van der Waals surface area contributed by atoms with Crippen LogP contribution in [0.25, 0.3) is 21.5 Å². The second-order valence-electron chi connectivity index (χ2n) is 11.6. The number of ether oxygens (including phenoxy) is 4. The minimum atomic E-state index is -0.712. The molecule has 0 saturated carbocycles. The summed E-state index contributed by atoms with van der Waals surface area (Å²) >= 11 is 0. The minimum Gasteiger partial charge on any atom is -0.477 e. The van der Waals surface area contributed by atoms with Crippen LogP contribution in [-0.4, -0.2) is 37.4 Å². The van der Waals surface area contributed by atoms with E-state index in [1.54, 1.807) is 0 Å². The molecule has 0 spiro atoms. The number of carbonyl (C=O) groups is 2. The summed E-state index contributed by atoms with van der Waals surface area (Å²) < 4.78 is 24.3. The standard InChI is InChI=1S/C38H54O6/c1-6-11-13-15-17-23-33(37(39)41-9-4)43-35-29-21-19-20-22-30(29)36(32-27-28(8-3)25-26-31(32)35)44-34(38(40)42-10-5)24-18-16-14-12-7-2/h19-22,25-27,33-34H,6-18,23-24H2,1-5H3. The second-order valence-corrected chi connectivity index (χ2v) is 11.6. The van der Waals surface area contributed by atoms with E-state index in [-0.39, 0.29) is 11.9 Å². The molecule has 3 rings (SSSR count). The number of fused-ring (bicyclic) bond motifs is 2. The first-order valence-corrected chi connectivity index (χ1v) is 17.1. The first-order chi connectivity index (χ1) is 21.5. The van der Waals surface area contributed by atoms with Crippen LogP contribution >= 0.6 is 0 Å². The van der Waals surface area contributed by atoms with Crippen LogP contribution in [0.3, 0.4) is 0 Å². The smallest absolute Gasteiger partial charge is 0.347 e. The number of benzene rings is 3. The van der Waals surface area contributed by atoms with Gasteiger partial charge in [-0.05, 0) is 57.6 Å². The van der Waals surface area contributed by atoms with Crippen molar-refractivity contribution in [1.82, 2.24) is 0 Å². The SMILES string of the molecule is CCCCCCCC(Oc1c2ccccc2c(OC(CCCCCCC)C(=O)OCC)c2cc(CC)ccc12)C(=O)OCC. The lowest BCUT2D eigenvalue weighted by atomic mass is 9.97. The number of unbranched alkanes of at least 4 members (excludes halogenated alkanes) is 8. The van der Waals surface area contributed by atoms with Gasteiger partial charge in [-0.3, -0.25) is 0 Å². The molecule has 0 aliphatic rings. The van der Waals surface area contributed by atoms with Gasteiger partial charge in [0.1, 0.15) is 11.5 Å². The van der Waals surface area contributed by atoms with Gasteiger partial charge >= 0.3 is 11.9 Å². The van der Waals surface area contributed by atoms with Crippen LogP contribution in [0.5, 0.6) is 11.5 Å². The van der Waals surface area contributed by atoms with Gasteiger partial charge in [-0.15, -0.1) is 0 Å². The van der Waals surface area contributed by atoms with Crippen LogP contribution in [0.15, 0.2) is 42.5 Å². The van der Waals surface area contributed by atoms with E-state index in [2.05, 4.69) is 39.0 Å². The number of esters is 2. The molecule has 242 valence electrons. The molecule has 0 fully saturated rings. The summed E-state index contributed by atoms with van der Waals surface area (Å²) in [6, 6.07) is 14.2. The maximum atomic E-state index is 13.2. The molecule has 0 aromatic heterocycles. The van der Waals surface area contributed by atoms with E-state index >= 15 is 0 Å². The highest BCUT2D eigenvalue weighted by Gasteiger charge is 2.28. The maximum absolute atomic E-state index is 13.2. The van der Waals surface area contributed by atoms with Crippen LogP contribution in [0, 0.1) is 0 Å². The van der Waals surface area contributed by atoms with Crippen LogP contribution in [0.1, 0.15) is 117 Å². The molecule has 44 heavy (non-hydrogen) atoms. The molecular weight excluding hydrogens is 552 g/mol. The number of hydrogen-bond acceptors (Lipinski definition) is 6. The predicted molar refractivity (Wildman–Crippen MR) is 180 cm³/mol. The largest absolute Gasteiger partial charge is 0.477 e. The van der Waals surface area contributed by atoms with Crippen LogP contribution < -0.4 is 9.47 Å². The van der Waals surface area contributed by atoms with Gasteiger partial charge < -0.3 is 18.9 Å². The molecule has 3 aromatic rings. The van der Waals surface area contributed by atoms with Gasteiger partial charge in [-0.1, -0.05) is 109 Å². The molecule has 2 atom stereocenters. The fourth-order valence-electron chi connectivity index (χ4n) is 5.69. The fourth-order valence-corrected chi connectivity index (χ4v) is 5.69. The Hall–Kier alpha value is -3.28. The zero-order valence-corrected chi connectivity index (χ0v) is 27.8. The number of rotatable bonds is 21. The second kappa shape index (κ2) is 19.2. The normalized spacial score (nSPS) is 12.7. The molecule has 0 aliphatic heterocycles. The molecule has 6 nitrogen and oxygen atoms in total. The average molecular weight is 607 g/mol. The third kappa shape index (κ3) is 9.87. The van der Waals surface area contributed by atoms with Crippen molar-refractivity contribution in [3.63, 3.8) is 0 Å². The van der Waals surface area contributed by atoms with Gasteiger partial charge in [0, 0.05) is 21.5 Å². The first kappa shape index (κ1) is 35.2. The third-order valence-corrected chi connectivity index (χ3v) is 8.16. The average Bonchev–Trinajstić information content (AvgIpc) is 3.04. The van der Waals surface area contributed by atoms with Crippen molar-refractivity contribution in [2.45, 2.75) is 130 Å². The fraction of sp³-hybridized carbons (Fsp3) is 0.579. The van der Waals surface area contributed by atoms with E-state index < -0.39 is 12.2 Å². The van der Waals surface area contributed by atoms with E-state index in [1.165, 1.54) is 25.7 Å². The summed E-state index contributed by atoms with van der Waals surface area (Å²) in [6.45, 7) is 10.8. The summed E-state index contributed by atoms with van der Waals surface area (Å²) in [5, 5.41) is 3.39. The first-order valence-electron chi connectivity index (χ1n) is 17.1. The van der Waals surface area contributed by atoms with Gasteiger partial charge in [-0.2, -0.15) is 0 Å². The number of hydrogen-bond donors (Lipinski definition) is 0. The Kier molecular flexibility index (Phi) is 15.3. The lowest BCUT2D eigenvalue weighted by molar-refractivity contribution is -0.152. The molecular formula is C38H54O6. The molecule has 0 amide bonds. The van der Waals surface area contributed by atoms with Crippen molar-refractivity contribution in [3.05, 3.63) is 48.0 Å². The number of aryl methyl sites for hydroxylation is 1. The summed E-state index contributed by atoms with van der Waals surface area (Å²) in [5.41, 5.74) is 1.15. The van der Waals surface area contributed by atoms with E-state index in [1.807, 2.05) is 38.1 Å². The van der Waals surface area contributed by atoms with E-state index in [0.29, 0.717) is 37.6 Å². The molecule has 2 unspecified atom stereocenters. The van der Waals surface area contributed by atoms with E-state index in [0.717, 1.165) is 72.1 Å². The van der Waals surface area contributed by atoms with Gasteiger partial charge in [0.15, 0.2) is 12.2 Å². The van der Waals surface area contributed by atoms with Gasteiger partial charge in [0.25, 0.3) is 0 Å². The predicted octanol–water partition coefficient (Wildman–Crippen LogP) is 9.90. The van der Waals surface area contributed by atoms with Crippen LogP contribution in [0.4, 0.5) is 0 Å². The summed E-state index contributed by atoms with van der Waals surface area (Å²) in [5.74, 6) is 0.621. The molecule has 0 radical (unpaired) electrons. The van der Waals surface area contributed by atoms with Gasteiger partial charge in [-0.25, -0.2) is 9.59 Å². The number of carbonyl (C=O) groups excluding carboxylic acids is 2. The summed E-state index contributed by atoms with van der Waals surface area (Å²) in [7, 11) is 0. The monoisotopic (exact) mass is 606 g/mol. The molecule has 3 aromatic carbocycles. The topological polar surface area (TPSA) is 71.1 Å². The molecule has 0 saturated heterocycles. The van der Waals surface area contributed by atoms with E-state index in [9.17, 15) is 9.59 Å². The van der Waals surface area contributed by atoms with Crippen LogP contribution in [0.2, 0.25) is 0 Å². The highest BCUT2D eigenvalue weighted by atomic mass is 16.6. The zero-order valence-electron chi connectivity index (χ0n) is 27.8. The molecule has 0 N–H and O–H groups in total. The minimum absolute atomic E-state index is 0.302. The van der Waals surface area contributed by atoms with Crippen molar-refractivity contribution in [2.75, 3.05) is 13.2 Å². The highest BCUT2D eigenvalue weighted by molar-refractivity contribution is 6.11. The Labute approximate surface area is 264 Å². The molecule has 0 heterocycles. The van der Waals surface area contributed by atoms with Crippen molar-refractivity contribution in [3.8, 4) is 11.5 Å². The lowest BCUT2D eigenvalue weighted by Gasteiger charge is -2.24. The lowest BCUT2D eigenvalue weighted by Crippen LogP contribution is -2.30. The van der Waals surface area contributed by atoms with Crippen molar-refractivity contribution < 1.29 is 28.5 Å². The Bertz CT molecular complexity index is 1320. The Morgan fingerprint density at radius 3 is 1.48 bits per heavy atom. The summed E-state index contributed by atoms with van der Waals surface area (Å²) in [4.78, 5) is 26.3. The Morgan fingerprint density at radius 2 is 1.02 bits per heavy atom.